The van der Waals surface area contributed by atoms with Gasteiger partial charge >= 0.3 is 0 Å². The van der Waals surface area contributed by atoms with Gasteiger partial charge in [-0.05, 0) is 42.7 Å². The average Bonchev–Trinajstić information content (AvgIpc) is 2.79. The molecule has 7 heteroatoms. The minimum atomic E-state index is -0.359. The van der Waals surface area contributed by atoms with Gasteiger partial charge < -0.3 is 9.64 Å². The molecule has 7 nitrogen and oxygen atoms in total. The third-order valence-electron chi connectivity index (χ3n) is 5.04. The monoisotopic (exact) mass is 413 g/mol. The van der Waals surface area contributed by atoms with E-state index in [-0.39, 0.29) is 17.9 Å². The van der Waals surface area contributed by atoms with E-state index in [1.807, 2.05) is 42.5 Å². The lowest BCUT2D eigenvalue weighted by molar-refractivity contribution is -0.129. The van der Waals surface area contributed by atoms with Crippen molar-refractivity contribution in [1.82, 2.24) is 15.4 Å². The molecule has 0 aliphatic heterocycles. The molecule has 30 heavy (non-hydrogen) atoms. The maximum Gasteiger partial charge on any atom is 0.253 e. The van der Waals surface area contributed by atoms with Crippen molar-refractivity contribution in [2.45, 2.75) is 44.6 Å². The van der Waals surface area contributed by atoms with Crippen LogP contribution in [0.2, 0.25) is 0 Å². The zero-order valence-electron chi connectivity index (χ0n) is 17.7. The third-order valence-corrected chi connectivity index (χ3v) is 5.04. The van der Waals surface area contributed by atoms with E-state index < -0.39 is 0 Å². The Hall–Kier alpha value is -2.77. The van der Waals surface area contributed by atoms with Gasteiger partial charge in [0.15, 0.2) is 0 Å². The molecule has 2 aromatic rings. The zero-order chi connectivity index (χ0) is 21.8. The Bertz CT molecular complexity index is 781. The minimum absolute atomic E-state index is 0.00535. The van der Waals surface area contributed by atoms with Crippen molar-refractivity contribution in [3.63, 3.8) is 0 Å². The van der Waals surface area contributed by atoms with Crippen molar-refractivity contribution in [3.8, 4) is 0 Å². The quantitative estimate of drug-likeness (QED) is 0.315. The van der Waals surface area contributed by atoms with E-state index in [9.17, 15) is 9.59 Å². The highest BCUT2D eigenvalue weighted by atomic mass is 16.5. The van der Waals surface area contributed by atoms with E-state index in [2.05, 4.69) is 4.98 Å². The lowest BCUT2D eigenvalue weighted by Crippen LogP contribution is -2.27. The van der Waals surface area contributed by atoms with Crippen LogP contribution in [0.5, 0.6) is 0 Å². The first kappa shape index (κ1) is 23.5. The molecular formula is C23H31N3O4. The number of carbonyl (C=O) groups is 2. The number of hydrogen-bond donors (Lipinski definition) is 2. The van der Waals surface area contributed by atoms with Crippen LogP contribution < -0.4 is 5.48 Å². The van der Waals surface area contributed by atoms with Gasteiger partial charge in [-0.2, -0.15) is 0 Å². The van der Waals surface area contributed by atoms with Crippen molar-refractivity contribution in [1.29, 1.82) is 0 Å². The molecule has 1 aromatic heterocycles. The lowest BCUT2D eigenvalue weighted by atomic mass is 10.0. The summed E-state index contributed by atoms with van der Waals surface area (Å²) in [5, 5.41) is 8.45. The molecule has 162 valence electrons. The number of unbranched alkanes of at least 4 members (excludes halogenated alkanes) is 3. The number of ether oxygens (including phenoxy) is 1. The molecule has 0 saturated heterocycles. The molecule has 0 fully saturated rings. The number of nitrogens with zero attached hydrogens (tertiary/aromatic N) is 2. The van der Waals surface area contributed by atoms with E-state index in [0.717, 1.165) is 36.9 Å². The summed E-state index contributed by atoms with van der Waals surface area (Å²) >= 11 is 0. The Kier molecular flexibility index (Phi) is 9.97. The predicted molar refractivity (Wildman–Crippen MR) is 114 cm³/mol. The molecular weight excluding hydrogens is 382 g/mol. The number of rotatable bonds is 12. The van der Waals surface area contributed by atoms with Crippen LogP contribution in [0.15, 0.2) is 48.7 Å². The summed E-state index contributed by atoms with van der Waals surface area (Å²) in [5.41, 5.74) is 4.26. The Morgan fingerprint density at radius 2 is 1.83 bits per heavy atom. The summed E-state index contributed by atoms with van der Waals surface area (Å²) in [7, 11) is 3.48. The van der Waals surface area contributed by atoms with Crippen molar-refractivity contribution in [2.24, 2.45) is 0 Å². The number of methoxy groups -OCH3 is 1. The second-order valence-corrected chi connectivity index (χ2v) is 7.31. The SMILES string of the molecule is COC(Cc1ccc(C(=O)N(C)CCCCCCC(=O)NO)cc1)c1ccccn1. The first-order valence-corrected chi connectivity index (χ1v) is 10.3. The Morgan fingerprint density at radius 1 is 1.10 bits per heavy atom. The molecule has 2 N–H and O–H groups in total. The molecule has 0 aliphatic rings. The van der Waals surface area contributed by atoms with Gasteiger partial charge in [-0.1, -0.05) is 31.0 Å². The third kappa shape index (κ3) is 7.57. The second-order valence-electron chi connectivity index (χ2n) is 7.31. The first-order valence-electron chi connectivity index (χ1n) is 10.3. The molecule has 0 saturated carbocycles. The van der Waals surface area contributed by atoms with Gasteiger partial charge in [-0.3, -0.25) is 19.8 Å². The Balaban J connectivity index is 1.79. The molecule has 1 aromatic carbocycles. The van der Waals surface area contributed by atoms with E-state index in [1.54, 1.807) is 30.7 Å². The van der Waals surface area contributed by atoms with Crippen LogP contribution in [0.1, 0.15) is 59.8 Å². The van der Waals surface area contributed by atoms with Crippen molar-refractivity contribution >= 4 is 11.8 Å². The van der Waals surface area contributed by atoms with Crippen LogP contribution in [0.3, 0.4) is 0 Å². The van der Waals surface area contributed by atoms with Gasteiger partial charge in [0, 0.05) is 45.3 Å². The highest BCUT2D eigenvalue weighted by Gasteiger charge is 2.14. The normalized spacial score (nSPS) is 11.7. The summed E-state index contributed by atoms with van der Waals surface area (Å²) in [6, 6.07) is 13.4. The van der Waals surface area contributed by atoms with Crippen molar-refractivity contribution < 1.29 is 19.5 Å². The van der Waals surface area contributed by atoms with Crippen LogP contribution >= 0.6 is 0 Å². The molecule has 0 spiro atoms. The number of nitrogens with one attached hydrogen (secondary N) is 1. The van der Waals surface area contributed by atoms with E-state index in [0.29, 0.717) is 24.9 Å². The predicted octanol–water partition coefficient (Wildman–Crippen LogP) is 3.54. The Labute approximate surface area is 178 Å². The number of benzene rings is 1. The summed E-state index contributed by atoms with van der Waals surface area (Å²) in [4.78, 5) is 29.6. The topological polar surface area (TPSA) is 91.8 Å². The van der Waals surface area contributed by atoms with E-state index in [1.165, 1.54) is 0 Å². The molecule has 2 amide bonds. The standard InChI is InChI=1S/C23H31N3O4/c1-26(16-8-4-3-5-10-22(27)25-29)23(28)19-13-11-18(12-14-19)17-21(30-2)20-9-6-7-15-24-20/h6-7,9,11-15,21,29H,3-5,8,10,16-17H2,1-2H3,(H,25,27). The number of carbonyl (C=O) groups excluding carboxylic acids is 2. The number of hydroxylamine groups is 1. The molecule has 1 unspecified atom stereocenters. The molecule has 2 rings (SSSR count). The maximum absolute atomic E-state index is 12.6. The highest BCUT2D eigenvalue weighted by molar-refractivity contribution is 5.94. The number of aromatic nitrogens is 1. The fourth-order valence-corrected chi connectivity index (χ4v) is 3.24. The number of pyridine rings is 1. The molecule has 1 atom stereocenters. The molecule has 1 heterocycles. The fourth-order valence-electron chi connectivity index (χ4n) is 3.24. The lowest BCUT2D eigenvalue weighted by Gasteiger charge is -2.18. The summed E-state index contributed by atoms with van der Waals surface area (Å²) in [5.74, 6) is -0.364. The van der Waals surface area contributed by atoms with Gasteiger partial charge in [0.25, 0.3) is 5.91 Å². The van der Waals surface area contributed by atoms with Gasteiger partial charge in [-0.15, -0.1) is 0 Å². The fraction of sp³-hybridized carbons (Fsp3) is 0.435. The van der Waals surface area contributed by atoms with Gasteiger partial charge in [0.2, 0.25) is 5.91 Å². The van der Waals surface area contributed by atoms with Crippen LogP contribution in [-0.2, 0) is 16.0 Å². The summed E-state index contributed by atoms with van der Waals surface area (Å²) < 4.78 is 5.58. The van der Waals surface area contributed by atoms with Crippen LogP contribution in [0.4, 0.5) is 0 Å². The van der Waals surface area contributed by atoms with Crippen molar-refractivity contribution in [3.05, 3.63) is 65.5 Å². The van der Waals surface area contributed by atoms with Gasteiger partial charge in [0.1, 0.15) is 6.10 Å². The highest BCUT2D eigenvalue weighted by Crippen LogP contribution is 2.20. The molecule has 0 aliphatic carbocycles. The first-order chi connectivity index (χ1) is 14.5. The molecule has 0 bridgehead atoms. The zero-order valence-corrected chi connectivity index (χ0v) is 17.7. The number of hydrogen-bond acceptors (Lipinski definition) is 5. The minimum Gasteiger partial charge on any atom is -0.375 e. The van der Waals surface area contributed by atoms with Crippen LogP contribution in [0, 0.1) is 0 Å². The van der Waals surface area contributed by atoms with Crippen molar-refractivity contribution in [2.75, 3.05) is 20.7 Å². The molecule has 0 radical (unpaired) electrons. The smallest absolute Gasteiger partial charge is 0.253 e. The maximum atomic E-state index is 12.6. The largest absolute Gasteiger partial charge is 0.375 e. The second kappa shape index (κ2) is 12.7. The summed E-state index contributed by atoms with van der Waals surface area (Å²) in [6.07, 6.45) is 6.06. The summed E-state index contributed by atoms with van der Waals surface area (Å²) in [6.45, 7) is 0.665. The van der Waals surface area contributed by atoms with Crippen LogP contribution in [-0.4, -0.2) is 47.6 Å². The van der Waals surface area contributed by atoms with E-state index >= 15 is 0 Å². The van der Waals surface area contributed by atoms with E-state index in [4.69, 9.17) is 9.94 Å². The average molecular weight is 414 g/mol. The van der Waals surface area contributed by atoms with Gasteiger partial charge in [0.05, 0.1) is 5.69 Å². The van der Waals surface area contributed by atoms with Crippen LogP contribution in [0.25, 0.3) is 0 Å². The van der Waals surface area contributed by atoms with Gasteiger partial charge in [-0.25, -0.2) is 5.48 Å². The Morgan fingerprint density at radius 3 is 2.47 bits per heavy atom. The number of amides is 2.